The fourth-order valence-corrected chi connectivity index (χ4v) is 2.38. The lowest BCUT2D eigenvalue weighted by Gasteiger charge is -2.09. The summed E-state index contributed by atoms with van der Waals surface area (Å²) in [4.78, 5) is 12.4. The van der Waals surface area contributed by atoms with Crippen LogP contribution in [0.1, 0.15) is 41.8 Å². The van der Waals surface area contributed by atoms with Crippen LogP contribution in [0.3, 0.4) is 0 Å². The Balaban J connectivity index is 1.77. The normalized spacial score (nSPS) is 11.0. The summed E-state index contributed by atoms with van der Waals surface area (Å²) in [6, 6.07) is 11.1. The zero-order valence-corrected chi connectivity index (χ0v) is 13.9. The van der Waals surface area contributed by atoms with Gasteiger partial charge >= 0.3 is 0 Å². The number of hydrogen-bond donors (Lipinski definition) is 1. The lowest BCUT2D eigenvalue weighted by molar-refractivity contribution is 0.0948. The van der Waals surface area contributed by atoms with Crippen molar-refractivity contribution >= 4 is 5.91 Å². The van der Waals surface area contributed by atoms with Crippen molar-refractivity contribution < 1.29 is 9.21 Å². The van der Waals surface area contributed by atoms with Crippen LogP contribution < -0.4 is 5.32 Å². The van der Waals surface area contributed by atoms with Crippen molar-refractivity contribution in [1.29, 1.82) is 0 Å². The van der Waals surface area contributed by atoms with Gasteiger partial charge in [0.1, 0.15) is 11.5 Å². The predicted molar refractivity (Wildman–Crippen MR) is 88.3 cm³/mol. The Hall–Kier alpha value is -2.96. The molecule has 0 aliphatic rings. The maximum atomic E-state index is 12.4. The molecular formula is C17H19N5O2. The van der Waals surface area contributed by atoms with E-state index >= 15 is 0 Å². The molecule has 0 aliphatic carbocycles. The van der Waals surface area contributed by atoms with Gasteiger partial charge in [-0.25, -0.2) is 4.68 Å². The molecule has 1 amide bonds. The van der Waals surface area contributed by atoms with E-state index in [1.165, 1.54) is 0 Å². The summed E-state index contributed by atoms with van der Waals surface area (Å²) in [5.41, 5.74) is 1.35. The molecule has 0 atom stereocenters. The molecule has 3 aromatic rings. The van der Waals surface area contributed by atoms with Gasteiger partial charge in [0.15, 0.2) is 5.82 Å². The molecule has 0 unspecified atom stereocenters. The molecule has 0 saturated carbocycles. The Kier molecular flexibility index (Phi) is 4.41. The first kappa shape index (κ1) is 15.9. The van der Waals surface area contributed by atoms with Gasteiger partial charge in [0.2, 0.25) is 0 Å². The van der Waals surface area contributed by atoms with Crippen molar-refractivity contribution in [1.82, 2.24) is 25.5 Å². The number of nitrogens with one attached hydrogen (secondary N) is 1. The van der Waals surface area contributed by atoms with Crippen LogP contribution in [0.4, 0.5) is 0 Å². The predicted octanol–water partition coefficient (Wildman–Crippen LogP) is 2.75. The number of aryl methyl sites for hydroxylation is 1. The molecule has 0 saturated heterocycles. The van der Waals surface area contributed by atoms with Crippen molar-refractivity contribution in [2.24, 2.45) is 0 Å². The molecule has 7 nitrogen and oxygen atoms in total. The molecule has 3 rings (SSSR count). The molecule has 1 aromatic carbocycles. The van der Waals surface area contributed by atoms with Gasteiger partial charge in [-0.3, -0.25) is 4.79 Å². The monoisotopic (exact) mass is 325 g/mol. The molecule has 1 N–H and O–H groups in total. The molecule has 2 heterocycles. The van der Waals surface area contributed by atoms with Crippen molar-refractivity contribution in [3.05, 3.63) is 53.5 Å². The number of rotatable bonds is 5. The van der Waals surface area contributed by atoms with Crippen LogP contribution in [0, 0.1) is 6.92 Å². The molecule has 0 radical (unpaired) electrons. The lowest BCUT2D eigenvalue weighted by Crippen LogP contribution is -2.22. The summed E-state index contributed by atoms with van der Waals surface area (Å²) in [6.07, 6.45) is 0. The molecule has 0 fully saturated rings. The summed E-state index contributed by atoms with van der Waals surface area (Å²) < 4.78 is 7.17. The summed E-state index contributed by atoms with van der Waals surface area (Å²) in [5.74, 6) is 2.01. The van der Waals surface area contributed by atoms with Crippen molar-refractivity contribution in [2.45, 2.75) is 33.4 Å². The molecule has 124 valence electrons. The third-order valence-electron chi connectivity index (χ3n) is 3.58. The van der Waals surface area contributed by atoms with Gasteiger partial charge in [0.05, 0.1) is 12.6 Å². The van der Waals surface area contributed by atoms with Crippen molar-refractivity contribution in [2.75, 3.05) is 0 Å². The average Bonchev–Trinajstić information content (AvgIpc) is 3.21. The van der Waals surface area contributed by atoms with Crippen LogP contribution in [0.15, 0.2) is 40.8 Å². The van der Waals surface area contributed by atoms with Crippen LogP contribution in [-0.2, 0) is 6.54 Å². The van der Waals surface area contributed by atoms with Gasteiger partial charge in [-0.2, -0.15) is 0 Å². The summed E-state index contributed by atoms with van der Waals surface area (Å²) >= 11 is 0. The number of aromatic nitrogens is 4. The highest BCUT2D eigenvalue weighted by Gasteiger charge is 2.14. The first-order chi connectivity index (χ1) is 11.5. The average molecular weight is 325 g/mol. The highest BCUT2D eigenvalue weighted by molar-refractivity contribution is 5.95. The second-order valence-corrected chi connectivity index (χ2v) is 5.82. The smallest absolute Gasteiger partial charge is 0.251 e. The van der Waals surface area contributed by atoms with Crippen molar-refractivity contribution in [3.63, 3.8) is 0 Å². The molecule has 0 bridgehead atoms. The summed E-state index contributed by atoms with van der Waals surface area (Å²) in [7, 11) is 0. The summed E-state index contributed by atoms with van der Waals surface area (Å²) in [5, 5.41) is 14.6. The Morgan fingerprint density at radius 2 is 2.12 bits per heavy atom. The molecule has 0 aliphatic heterocycles. The van der Waals surface area contributed by atoms with E-state index in [0.717, 1.165) is 17.1 Å². The minimum Gasteiger partial charge on any atom is -0.465 e. The number of benzene rings is 1. The van der Waals surface area contributed by atoms with E-state index in [4.69, 9.17) is 4.42 Å². The number of carbonyl (C=O) groups excluding carboxylic acids is 1. The minimum atomic E-state index is -0.172. The van der Waals surface area contributed by atoms with Crippen molar-refractivity contribution in [3.8, 4) is 11.4 Å². The Labute approximate surface area is 139 Å². The third kappa shape index (κ3) is 3.34. The van der Waals surface area contributed by atoms with E-state index < -0.39 is 0 Å². The van der Waals surface area contributed by atoms with E-state index in [-0.39, 0.29) is 11.9 Å². The van der Waals surface area contributed by atoms with Gasteiger partial charge in [0.25, 0.3) is 5.91 Å². The minimum absolute atomic E-state index is 0.134. The quantitative estimate of drug-likeness (QED) is 0.779. The van der Waals surface area contributed by atoms with Crippen LogP contribution in [-0.4, -0.2) is 26.1 Å². The standard InChI is InChI=1S/C17H19N5O2/c1-11(2)22-16(19-20-21-22)13-5-4-6-14(9-13)17(23)18-10-15-8-7-12(3)24-15/h4-9,11H,10H2,1-3H3,(H,18,23). The highest BCUT2D eigenvalue weighted by Crippen LogP contribution is 2.20. The number of furan rings is 1. The molecule has 24 heavy (non-hydrogen) atoms. The number of nitrogens with zero attached hydrogens (tertiary/aromatic N) is 4. The Morgan fingerprint density at radius 3 is 2.83 bits per heavy atom. The first-order valence-corrected chi connectivity index (χ1v) is 7.76. The topological polar surface area (TPSA) is 85.8 Å². The van der Waals surface area contributed by atoms with E-state index in [0.29, 0.717) is 17.9 Å². The van der Waals surface area contributed by atoms with E-state index in [1.807, 2.05) is 45.0 Å². The lowest BCUT2D eigenvalue weighted by atomic mass is 10.1. The molecule has 2 aromatic heterocycles. The molecular weight excluding hydrogens is 306 g/mol. The molecule has 7 heteroatoms. The van der Waals surface area contributed by atoms with E-state index in [1.54, 1.807) is 16.8 Å². The molecule has 0 spiro atoms. The van der Waals surface area contributed by atoms with Gasteiger partial charge in [-0.15, -0.1) is 5.10 Å². The SMILES string of the molecule is Cc1ccc(CNC(=O)c2cccc(-c3nnnn3C(C)C)c2)o1. The van der Waals surface area contributed by atoms with E-state index in [9.17, 15) is 4.79 Å². The number of carbonyl (C=O) groups is 1. The maximum absolute atomic E-state index is 12.4. The van der Waals surface area contributed by atoms with Crippen LogP contribution in [0.25, 0.3) is 11.4 Å². The van der Waals surface area contributed by atoms with Gasteiger partial charge in [-0.1, -0.05) is 12.1 Å². The van der Waals surface area contributed by atoms with Gasteiger partial charge in [-0.05, 0) is 55.5 Å². The third-order valence-corrected chi connectivity index (χ3v) is 3.58. The number of hydrogen-bond acceptors (Lipinski definition) is 5. The fourth-order valence-electron chi connectivity index (χ4n) is 2.38. The van der Waals surface area contributed by atoms with Crippen LogP contribution in [0.2, 0.25) is 0 Å². The number of tetrazole rings is 1. The van der Waals surface area contributed by atoms with Crippen LogP contribution in [0.5, 0.6) is 0 Å². The second-order valence-electron chi connectivity index (χ2n) is 5.82. The van der Waals surface area contributed by atoms with Gasteiger partial charge < -0.3 is 9.73 Å². The Bertz CT molecular complexity index is 850. The maximum Gasteiger partial charge on any atom is 0.251 e. The van der Waals surface area contributed by atoms with Crippen LogP contribution >= 0.6 is 0 Å². The van der Waals surface area contributed by atoms with E-state index in [2.05, 4.69) is 20.8 Å². The fraction of sp³-hybridized carbons (Fsp3) is 0.294. The van der Waals surface area contributed by atoms with Gasteiger partial charge in [0, 0.05) is 11.1 Å². The zero-order valence-electron chi connectivity index (χ0n) is 13.9. The largest absolute Gasteiger partial charge is 0.465 e. The highest BCUT2D eigenvalue weighted by atomic mass is 16.3. The zero-order chi connectivity index (χ0) is 17.1. The Morgan fingerprint density at radius 1 is 1.29 bits per heavy atom. The first-order valence-electron chi connectivity index (χ1n) is 7.76. The second kappa shape index (κ2) is 6.66. The number of amides is 1. The summed E-state index contributed by atoms with van der Waals surface area (Å²) in [6.45, 7) is 6.22.